The van der Waals surface area contributed by atoms with E-state index in [4.69, 9.17) is 4.74 Å². The van der Waals surface area contributed by atoms with Crippen LogP contribution >= 0.6 is 15.9 Å². The van der Waals surface area contributed by atoms with Crippen LogP contribution in [0.25, 0.3) is 0 Å². The van der Waals surface area contributed by atoms with Crippen molar-refractivity contribution in [3.8, 4) is 0 Å². The van der Waals surface area contributed by atoms with Crippen LogP contribution in [0.1, 0.15) is 19.3 Å². The average Bonchev–Trinajstić information content (AvgIpc) is 2.38. The summed E-state index contributed by atoms with van der Waals surface area (Å²) in [5, 5.41) is 0. The average molecular weight is 300 g/mol. The van der Waals surface area contributed by atoms with Crippen molar-refractivity contribution >= 4 is 27.7 Å². The second-order valence-corrected chi connectivity index (χ2v) is 4.78. The predicted octanol–water partition coefficient (Wildman–Crippen LogP) is 1.77. The van der Waals surface area contributed by atoms with Crippen LogP contribution in [-0.4, -0.2) is 35.6 Å². The van der Waals surface area contributed by atoms with E-state index in [1.54, 1.807) is 6.20 Å². The van der Waals surface area contributed by atoms with Crippen LogP contribution in [0.4, 0.5) is 5.82 Å². The number of ether oxygens (including phenoxy) is 1. The molecule has 6 heteroatoms. The summed E-state index contributed by atoms with van der Waals surface area (Å²) >= 11 is 3.41. The lowest BCUT2D eigenvalue weighted by atomic mass is 10.0. The second-order valence-electron chi connectivity index (χ2n) is 3.92. The van der Waals surface area contributed by atoms with E-state index >= 15 is 0 Å². The Balaban J connectivity index is 2.28. The smallest absolute Gasteiger partial charge is 0.328 e. The summed E-state index contributed by atoms with van der Waals surface area (Å²) in [6.45, 7) is 0.815. The molecule has 0 radical (unpaired) electrons. The van der Waals surface area contributed by atoms with Crippen molar-refractivity contribution in [3.05, 3.63) is 17.0 Å². The largest absolute Gasteiger partial charge is 0.467 e. The molecule has 1 aliphatic rings. The zero-order chi connectivity index (χ0) is 12.3. The van der Waals surface area contributed by atoms with Crippen molar-refractivity contribution in [2.24, 2.45) is 0 Å². The summed E-state index contributed by atoms with van der Waals surface area (Å²) in [5.74, 6) is 0.560. The quantitative estimate of drug-likeness (QED) is 0.779. The van der Waals surface area contributed by atoms with Crippen LogP contribution < -0.4 is 4.90 Å². The summed E-state index contributed by atoms with van der Waals surface area (Å²) in [5.41, 5.74) is 0. The summed E-state index contributed by atoms with van der Waals surface area (Å²) in [4.78, 5) is 21.9. The lowest BCUT2D eigenvalue weighted by Gasteiger charge is -2.34. The maximum atomic E-state index is 11.7. The minimum atomic E-state index is -0.236. The Hall–Kier alpha value is -1.17. The Kier molecular flexibility index (Phi) is 3.93. The van der Waals surface area contributed by atoms with E-state index in [0.29, 0.717) is 0 Å². The number of aromatic nitrogens is 2. The first kappa shape index (κ1) is 12.3. The first-order chi connectivity index (χ1) is 8.24. The normalized spacial score (nSPS) is 20.1. The number of rotatable bonds is 2. The van der Waals surface area contributed by atoms with Crippen molar-refractivity contribution in [2.75, 3.05) is 18.6 Å². The molecule has 1 atom stereocenters. The van der Waals surface area contributed by atoms with E-state index in [0.717, 1.165) is 36.1 Å². The number of carbonyl (C=O) groups excluding carboxylic acids is 1. The minimum Gasteiger partial charge on any atom is -0.467 e. The van der Waals surface area contributed by atoms with Crippen molar-refractivity contribution in [1.29, 1.82) is 0 Å². The van der Waals surface area contributed by atoms with Gasteiger partial charge < -0.3 is 9.64 Å². The maximum absolute atomic E-state index is 11.7. The van der Waals surface area contributed by atoms with Crippen molar-refractivity contribution < 1.29 is 9.53 Å². The van der Waals surface area contributed by atoms with Crippen LogP contribution in [-0.2, 0) is 9.53 Å². The number of hydrogen-bond acceptors (Lipinski definition) is 5. The SMILES string of the molecule is COC(=O)C1CCCCN1c1ncncc1Br. The number of anilines is 1. The van der Waals surface area contributed by atoms with Gasteiger partial charge >= 0.3 is 5.97 Å². The molecule has 0 aromatic carbocycles. The molecule has 1 saturated heterocycles. The van der Waals surface area contributed by atoms with Crippen LogP contribution in [0.3, 0.4) is 0 Å². The molecule has 1 aromatic heterocycles. The molecule has 1 aliphatic heterocycles. The first-order valence-corrected chi connectivity index (χ1v) is 6.33. The van der Waals surface area contributed by atoms with E-state index in [-0.39, 0.29) is 12.0 Å². The van der Waals surface area contributed by atoms with Gasteiger partial charge in [-0.15, -0.1) is 0 Å². The number of piperidine rings is 1. The van der Waals surface area contributed by atoms with Crippen LogP contribution in [0.5, 0.6) is 0 Å². The van der Waals surface area contributed by atoms with Gasteiger partial charge in [0.1, 0.15) is 18.2 Å². The molecule has 0 N–H and O–H groups in total. The molecule has 5 nitrogen and oxygen atoms in total. The third-order valence-electron chi connectivity index (χ3n) is 2.90. The lowest BCUT2D eigenvalue weighted by molar-refractivity contribution is -0.142. The third kappa shape index (κ3) is 2.57. The molecule has 2 heterocycles. The molecule has 1 fully saturated rings. The fourth-order valence-corrected chi connectivity index (χ4v) is 2.53. The number of halogens is 1. The van der Waals surface area contributed by atoms with E-state index in [2.05, 4.69) is 25.9 Å². The summed E-state index contributed by atoms with van der Waals surface area (Å²) < 4.78 is 5.64. The highest BCUT2D eigenvalue weighted by molar-refractivity contribution is 9.10. The highest BCUT2D eigenvalue weighted by Crippen LogP contribution is 2.28. The molecule has 2 rings (SSSR count). The van der Waals surface area contributed by atoms with Gasteiger partial charge in [0.05, 0.1) is 11.6 Å². The molecule has 0 aliphatic carbocycles. The molecule has 17 heavy (non-hydrogen) atoms. The molecular weight excluding hydrogens is 286 g/mol. The first-order valence-electron chi connectivity index (χ1n) is 5.54. The molecule has 0 amide bonds. The number of nitrogens with zero attached hydrogens (tertiary/aromatic N) is 3. The molecule has 92 valence electrons. The van der Waals surface area contributed by atoms with E-state index in [9.17, 15) is 4.79 Å². The fraction of sp³-hybridized carbons (Fsp3) is 0.545. The maximum Gasteiger partial charge on any atom is 0.328 e. The summed E-state index contributed by atoms with van der Waals surface area (Å²) in [7, 11) is 1.42. The zero-order valence-corrected chi connectivity index (χ0v) is 11.2. The van der Waals surface area contributed by atoms with Gasteiger partial charge in [0, 0.05) is 12.7 Å². The summed E-state index contributed by atoms with van der Waals surface area (Å²) in [6.07, 6.45) is 6.08. The van der Waals surface area contributed by atoms with Crippen LogP contribution in [0, 0.1) is 0 Å². The number of hydrogen-bond donors (Lipinski definition) is 0. The van der Waals surface area contributed by atoms with Gasteiger partial charge in [0.2, 0.25) is 0 Å². The van der Waals surface area contributed by atoms with Gasteiger partial charge in [-0.2, -0.15) is 0 Å². The monoisotopic (exact) mass is 299 g/mol. The predicted molar refractivity (Wildman–Crippen MR) is 66.7 cm³/mol. The van der Waals surface area contributed by atoms with Gasteiger partial charge in [-0.3, -0.25) is 0 Å². The Morgan fingerprint density at radius 2 is 2.41 bits per heavy atom. The molecule has 0 spiro atoms. The van der Waals surface area contributed by atoms with Gasteiger partial charge in [0.15, 0.2) is 0 Å². The molecular formula is C11H14BrN3O2. The number of methoxy groups -OCH3 is 1. The highest BCUT2D eigenvalue weighted by Gasteiger charge is 2.31. The van der Waals surface area contributed by atoms with Crippen molar-refractivity contribution in [1.82, 2.24) is 9.97 Å². The van der Waals surface area contributed by atoms with E-state index in [1.165, 1.54) is 13.4 Å². The molecule has 0 bridgehead atoms. The van der Waals surface area contributed by atoms with E-state index < -0.39 is 0 Å². The van der Waals surface area contributed by atoms with Gasteiger partial charge in [0.25, 0.3) is 0 Å². The molecule has 1 unspecified atom stereocenters. The fourth-order valence-electron chi connectivity index (χ4n) is 2.08. The Morgan fingerprint density at radius 1 is 1.59 bits per heavy atom. The van der Waals surface area contributed by atoms with Crippen molar-refractivity contribution in [2.45, 2.75) is 25.3 Å². The van der Waals surface area contributed by atoms with Crippen molar-refractivity contribution in [3.63, 3.8) is 0 Å². The zero-order valence-electron chi connectivity index (χ0n) is 9.60. The molecule has 1 aromatic rings. The standard InChI is InChI=1S/C11H14BrN3O2/c1-17-11(16)9-4-2-3-5-15(9)10-8(12)6-13-7-14-10/h6-7,9H,2-5H2,1H3. The van der Waals surface area contributed by atoms with Crippen LogP contribution in [0.2, 0.25) is 0 Å². The van der Waals surface area contributed by atoms with E-state index in [1.807, 2.05) is 4.90 Å². The Labute approximate surface area is 108 Å². The third-order valence-corrected chi connectivity index (χ3v) is 3.46. The van der Waals surface area contributed by atoms with Gasteiger partial charge in [-0.05, 0) is 35.2 Å². The van der Waals surface area contributed by atoms with Crippen LogP contribution in [0.15, 0.2) is 17.0 Å². The Morgan fingerprint density at radius 3 is 3.12 bits per heavy atom. The number of carbonyl (C=O) groups is 1. The van der Waals surface area contributed by atoms with Gasteiger partial charge in [-0.1, -0.05) is 0 Å². The van der Waals surface area contributed by atoms with Gasteiger partial charge in [-0.25, -0.2) is 14.8 Å². The number of esters is 1. The Bertz CT molecular complexity index is 413. The highest BCUT2D eigenvalue weighted by atomic mass is 79.9. The summed E-state index contributed by atoms with van der Waals surface area (Å²) in [6, 6.07) is -0.236. The topological polar surface area (TPSA) is 55.3 Å². The second kappa shape index (κ2) is 5.44. The minimum absolute atomic E-state index is 0.199. The lowest BCUT2D eigenvalue weighted by Crippen LogP contribution is -2.46. The molecule has 0 saturated carbocycles.